The molecule has 0 atom stereocenters. The average Bonchev–Trinajstić information content (AvgIpc) is 2.41. The molecule has 1 N–H and O–H groups in total. The molecule has 19 heavy (non-hydrogen) atoms. The van der Waals surface area contributed by atoms with Crippen LogP contribution in [0.5, 0.6) is 0 Å². The van der Waals surface area contributed by atoms with E-state index < -0.39 is 0 Å². The van der Waals surface area contributed by atoms with Crippen LogP contribution in [-0.4, -0.2) is 6.54 Å². The molecule has 0 saturated carbocycles. The van der Waals surface area contributed by atoms with Gasteiger partial charge in [-0.05, 0) is 25.3 Å². The first-order valence-electron chi connectivity index (χ1n) is 6.90. The molecule has 0 aliphatic rings. The van der Waals surface area contributed by atoms with Gasteiger partial charge in [-0.25, -0.2) is 0 Å². The van der Waals surface area contributed by atoms with Gasteiger partial charge in [0.2, 0.25) is 0 Å². The Morgan fingerprint density at radius 1 is 1.11 bits per heavy atom. The van der Waals surface area contributed by atoms with Gasteiger partial charge >= 0.3 is 0 Å². The summed E-state index contributed by atoms with van der Waals surface area (Å²) < 4.78 is 0. The highest BCUT2D eigenvalue weighted by Crippen LogP contribution is 2.08. The molecule has 0 fully saturated rings. The highest BCUT2D eigenvalue weighted by atomic mass is 14.9. The van der Waals surface area contributed by atoms with Crippen LogP contribution in [0.2, 0.25) is 0 Å². The van der Waals surface area contributed by atoms with Crippen molar-refractivity contribution in [3.8, 4) is 0 Å². The highest BCUT2D eigenvalue weighted by molar-refractivity contribution is 5.39. The molecule has 1 nitrogen and oxygen atoms in total. The van der Waals surface area contributed by atoms with E-state index in [2.05, 4.69) is 69.6 Å². The van der Waals surface area contributed by atoms with Crippen molar-refractivity contribution in [1.29, 1.82) is 0 Å². The molecule has 0 rings (SSSR count). The molecule has 1 heteroatoms. The second-order valence-corrected chi connectivity index (χ2v) is 4.35. The van der Waals surface area contributed by atoms with Crippen LogP contribution in [0.25, 0.3) is 0 Å². The van der Waals surface area contributed by atoms with Gasteiger partial charge in [-0.3, -0.25) is 0 Å². The van der Waals surface area contributed by atoms with Gasteiger partial charge in [0.1, 0.15) is 0 Å². The SMILES string of the molecule is C=C/C=C(\C=C/CC)C(=C)NC/C(C)=C/C=C\CC. The fourth-order valence-corrected chi connectivity index (χ4v) is 1.40. The van der Waals surface area contributed by atoms with Crippen molar-refractivity contribution in [3.63, 3.8) is 0 Å². The lowest BCUT2D eigenvalue weighted by molar-refractivity contribution is 0.888. The zero-order valence-electron chi connectivity index (χ0n) is 12.6. The van der Waals surface area contributed by atoms with Crippen LogP contribution in [0.15, 0.2) is 72.5 Å². The Morgan fingerprint density at radius 3 is 2.37 bits per heavy atom. The molecule has 0 unspecified atom stereocenters. The lowest BCUT2D eigenvalue weighted by atomic mass is 10.1. The van der Waals surface area contributed by atoms with Crippen LogP contribution in [0.4, 0.5) is 0 Å². The van der Waals surface area contributed by atoms with Gasteiger partial charge < -0.3 is 5.32 Å². The van der Waals surface area contributed by atoms with E-state index >= 15 is 0 Å². The summed E-state index contributed by atoms with van der Waals surface area (Å²) in [6, 6.07) is 0. The zero-order chi connectivity index (χ0) is 14.5. The maximum absolute atomic E-state index is 4.07. The predicted molar refractivity (Wildman–Crippen MR) is 88.0 cm³/mol. The summed E-state index contributed by atoms with van der Waals surface area (Å²) in [6.45, 7) is 15.0. The Hall–Kier alpha value is -1.76. The number of rotatable bonds is 9. The molecule has 0 aromatic rings. The minimum absolute atomic E-state index is 0.807. The fraction of sp³-hybridized carbons (Fsp3) is 0.333. The molecule has 0 aliphatic heterocycles. The van der Waals surface area contributed by atoms with Gasteiger partial charge in [-0.15, -0.1) is 0 Å². The van der Waals surface area contributed by atoms with E-state index in [1.54, 1.807) is 6.08 Å². The number of allylic oxidation sites excluding steroid dienone is 7. The molecular weight excluding hydrogens is 230 g/mol. The average molecular weight is 257 g/mol. The third-order valence-electron chi connectivity index (χ3n) is 2.51. The normalized spacial score (nSPS) is 13.2. The van der Waals surface area contributed by atoms with Crippen molar-refractivity contribution >= 4 is 0 Å². The third kappa shape index (κ3) is 8.90. The summed E-state index contributed by atoms with van der Waals surface area (Å²) in [4.78, 5) is 0. The lowest BCUT2D eigenvalue weighted by Crippen LogP contribution is -2.15. The zero-order valence-corrected chi connectivity index (χ0v) is 12.6. The molecule has 0 bridgehead atoms. The Kier molecular flexibility index (Phi) is 10.3. The third-order valence-corrected chi connectivity index (χ3v) is 2.51. The summed E-state index contributed by atoms with van der Waals surface area (Å²) in [5.41, 5.74) is 3.29. The largest absolute Gasteiger partial charge is 0.381 e. The van der Waals surface area contributed by atoms with Crippen LogP contribution >= 0.6 is 0 Å². The van der Waals surface area contributed by atoms with Crippen molar-refractivity contribution in [2.45, 2.75) is 33.6 Å². The van der Waals surface area contributed by atoms with Gasteiger partial charge in [-0.2, -0.15) is 0 Å². The molecule has 0 heterocycles. The highest BCUT2D eigenvalue weighted by Gasteiger charge is 1.97. The second kappa shape index (κ2) is 11.3. The van der Waals surface area contributed by atoms with Crippen molar-refractivity contribution in [2.75, 3.05) is 6.54 Å². The van der Waals surface area contributed by atoms with Crippen LogP contribution in [0.3, 0.4) is 0 Å². The smallest absolute Gasteiger partial charge is 0.0360 e. The van der Waals surface area contributed by atoms with Crippen molar-refractivity contribution in [3.05, 3.63) is 72.5 Å². The quantitative estimate of drug-likeness (QED) is 0.568. The van der Waals surface area contributed by atoms with E-state index in [4.69, 9.17) is 0 Å². The molecule has 0 aromatic heterocycles. The first-order chi connectivity index (χ1) is 9.15. The van der Waals surface area contributed by atoms with Crippen LogP contribution in [0, 0.1) is 0 Å². The van der Waals surface area contributed by atoms with E-state index in [0.717, 1.165) is 30.7 Å². The van der Waals surface area contributed by atoms with Crippen LogP contribution in [-0.2, 0) is 0 Å². The number of hydrogen-bond donors (Lipinski definition) is 1. The van der Waals surface area contributed by atoms with E-state index in [0.29, 0.717) is 0 Å². The monoisotopic (exact) mass is 257 g/mol. The molecule has 0 spiro atoms. The van der Waals surface area contributed by atoms with E-state index in [-0.39, 0.29) is 0 Å². The van der Waals surface area contributed by atoms with Crippen molar-refractivity contribution in [1.82, 2.24) is 5.32 Å². The maximum atomic E-state index is 4.07. The van der Waals surface area contributed by atoms with E-state index in [1.807, 2.05) is 6.08 Å². The van der Waals surface area contributed by atoms with E-state index in [1.165, 1.54) is 5.57 Å². The van der Waals surface area contributed by atoms with Gasteiger partial charge in [0.15, 0.2) is 0 Å². The van der Waals surface area contributed by atoms with Crippen LogP contribution in [0.1, 0.15) is 33.6 Å². The summed E-state index contributed by atoms with van der Waals surface area (Å²) >= 11 is 0. The minimum atomic E-state index is 0.807. The summed E-state index contributed by atoms with van der Waals surface area (Å²) in [6.07, 6.45) is 16.4. The molecule has 0 aliphatic carbocycles. The van der Waals surface area contributed by atoms with Crippen LogP contribution < -0.4 is 5.32 Å². The van der Waals surface area contributed by atoms with Crippen molar-refractivity contribution in [2.24, 2.45) is 0 Å². The summed E-state index contributed by atoms with van der Waals surface area (Å²) in [5, 5.41) is 3.34. The molecule has 0 amide bonds. The lowest BCUT2D eigenvalue weighted by Gasteiger charge is -2.10. The Bertz CT molecular complexity index is 392. The molecular formula is C18H27N. The molecule has 0 saturated heterocycles. The van der Waals surface area contributed by atoms with Gasteiger partial charge in [0.05, 0.1) is 0 Å². The van der Waals surface area contributed by atoms with E-state index in [9.17, 15) is 0 Å². The topological polar surface area (TPSA) is 12.0 Å². The standard InChI is InChI=1S/C18H27N/c1-6-9-11-13-16(4)15-19-17(5)18(12-8-3)14-10-7-2/h8-14,19H,3,5-7,15H2,1-2,4H3/b11-9-,14-10-,16-13+,18-12+. The number of nitrogens with one attached hydrogen (secondary N) is 1. The predicted octanol–water partition coefficient (Wildman–Crippen LogP) is 5.08. The maximum Gasteiger partial charge on any atom is 0.0360 e. The fourth-order valence-electron chi connectivity index (χ4n) is 1.40. The minimum Gasteiger partial charge on any atom is -0.381 e. The molecule has 104 valence electrons. The van der Waals surface area contributed by atoms with Crippen molar-refractivity contribution < 1.29 is 0 Å². The number of hydrogen-bond acceptors (Lipinski definition) is 1. The first kappa shape index (κ1) is 17.2. The molecule has 0 aromatic carbocycles. The molecule has 0 radical (unpaired) electrons. The van der Waals surface area contributed by atoms with Gasteiger partial charge in [0, 0.05) is 12.2 Å². The first-order valence-corrected chi connectivity index (χ1v) is 6.90. The van der Waals surface area contributed by atoms with Gasteiger partial charge in [-0.1, -0.05) is 75.1 Å². The summed E-state index contributed by atoms with van der Waals surface area (Å²) in [7, 11) is 0. The Labute approximate surface area is 118 Å². The second-order valence-electron chi connectivity index (χ2n) is 4.35. The summed E-state index contributed by atoms with van der Waals surface area (Å²) in [5.74, 6) is 0. The van der Waals surface area contributed by atoms with Gasteiger partial charge in [0.25, 0.3) is 0 Å². The Morgan fingerprint density at radius 2 is 1.79 bits per heavy atom. The Balaban J connectivity index is 4.46.